The monoisotopic (exact) mass is 311 g/mol. The van der Waals surface area contributed by atoms with Gasteiger partial charge in [-0.05, 0) is 35.6 Å². The Morgan fingerprint density at radius 3 is 2.94 bits per heavy atom. The molecule has 0 saturated carbocycles. The van der Waals surface area contributed by atoms with Crippen LogP contribution in [0.25, 0.3) is 0 Å². The minimum absolute atomic E-state index is 0.280. The van der Waals surface area contributed by atoms with E-state index in [9.17, 15) is 0 Å². The number of hydrogen-bond acceptors (Lipinski definition) is 2. The fraction of sp³-hybridized carbons (Fsp3) is 0.600. The molecule has 1 atom stereocenters. The number of nitrogens with one attached hydrogen (secondary N) is 1. The highest BCUT2D eigenvalue weighted by molar-refractivity contribution is 9.10. The second kappa shape index (κ2) is 5.62. The van der Waals surface area contributed by atoms with E-state index in [1.807, 2.05) is 6.07 Å². The van der Waals surface area contributed by atoms with Crippen molar-refractivity contribution in [1.29, 1.82) is 0 Å². The normalized spacial score (nSPS) is 18.6. The third-order valence-corrected chi connectivity index (χ3v) is 4.19. The van der Waals surface area contributed by atoms with E-state index in [2.05, 4.69) is 54.2 Å². The summed E-state index contributed by atoms with van der Waals surface area (Å²) in [6, 6.07) is 6.25. The summed E-state index contributed by atoms with van der Waals surface area (Å²) in [5.41, 5.74) is 1.68. The molecule has 1 aromatic rings. The quantitative estimate of drug-likeness (QED) is 0.893. The summed E-state index contributed by atoms with van der Waals surface area (Å²) in [4.78, 5) is 0. The molecular weight excluding hydrogens is 290 g/mol. The molecule has 0 radical (unpaired) electrons. The van der Waals surface area contributed by atoms with Gasteiger partial charge in [-0.15, -0.1) is 0 Å². The standard InChI is InChI=1S/C15H22BrNO/c1-4-15(2,3)10-17-9-13-8-11-7-12(16)5-6-14(11)18-13/h5-7,13,17H,4,8-10H2,1-3H3. The molecule has 1 heterocycles. The maximum atomic E-state index is 5.93. The van der Waals surface area contributed by atoms with Crippen LogP contribution < -0.4 is 10.1 Å². The van der Waals surface area contributed by atoms with Crippen LogP contribution in [-0.2, 0) is 6.42 Å². The molecule has 1 unspecified atom stereocenters. The topological polar surface area (TPSA) is 21.3 Å². The lowest BCUT2D eigenvalue weighted by atomic mass is 9.90. The summed E-state index contributed by atoms with van der Waals surface area (Å²) in [5, 5.41) is 3.53. The largest absolute Gasteiger partial charge is 0.488 e. The van der Waals surface area contributed by atoms with Gasteiger partial charge in [0, 0.05) is 24.0 Å². The van der Waals surface area contributed by atoms with Crippen LogP contribution in [0.5, 0.6) is 5.75 Å². The summed E-state index contributed by atoms with van der Waals surface area (Å²) in [5.74, 6) is 1.04. The van der Waals surface area contributed by atoms with E-state index in [-0.39, 0.29) is 6.10 Å². The Balaban J connectivity index is 1.81. The van der Waals surface area contributed by atoms with Crippen LogP contribution in [0.2, 0.25) is 0 Å². The zero-order valence-electron chi connectivity index (χ0n) is 11.4. The van der Waals surface area contributed by atoms with E-state index in [1.54, 1.807) is 0 Å². The Morgan fingerprint density at radius 1 is 1.44 bits per heavy atom. The van der Waals surface area contributed by atoms with Gasteiger partial charge in [-0.3, -0.25) is 0 Å². The second-order valence-corrected chi connectivity index (χ2v) is 6.76. The smallest absolute Gasteiger partial charge is 0.123 e. The van der Waals surface area contributed by atoms with Crippen LogP contribution >= 0.6 is 15.9 Å². The molecule has 0 aliphatic carbocycles. The van der Waals surface area contributed by atoms with E-state index in [0.29, 0.717) is 5.41 Å². The highest BCUT2D eigenvalue weighted by atomic mass is 79.9. The van der Waals surface area contributed by atoms with E-state index >= 15 is 0 Å². The number of benzene rings is 1. The molecule has 1 N–H and O–H groups in total. The lowest BCUT2D eigenvalue weighted by molar-refractivity contribution is 0.216. The maximum Gasteiger partial charge on any atom is 0.123 e. The van der Waals surface area contributed by atoms with Crippen LogP contribution in [0, 0.1) is 5.41 Å². The SMILES string of the molecule is CCC(C)(C)CNCC1Cc2cc(Br)ccc2O1. The van der Waals surface area contributed by atoms with Gasteiger partial charge in [0.1, 0.15) is 11.9 Å². The first-order chi connectivity index (χ1) is 8.50. The van der Waals surface area contributed by atoms with Gasteiger partial charge in [0.05, 0.1) is 0 Å². The third kappa shape index (κ3) is 3.48. The summed E-state index contributed by atoms with van der Waals surface area (Å²) < 4.78 is 7.06. The molecule has 2 rings (SSSR count). The van der Waals surface area contributed by atoms with Crippen molar-refractivity contribution in [2.45, 2.75) is 39.7 Å². The number of ether oxygens (including phenoxy) is 1. The average Bonchev–Trinajstić information content (AvgIpc) is 2.70. The molecule has 0 amide bonds. The second-order valence-electron chi connectivity index (χ2n) is 5.84. The van der Waals surface area contributed by atoms with Crippen LogP contribution in [0.15, 0.2) is 22.7 Å². The molecule has 0 aromatic heterocycles. The van der Waals surface area contributed by atoms with Gasteiger partial charge in [-0.25, -0.2) is 0 Å². The molecule has 18 heavy (non-hydrogen) atoms. The molecule has 0 fully saturated rings. The van der Waals surface area contributed by atoms with Crippen molar-refractivity contribution >= 4 is 15.9 Å². The molecule has 1 aliphatic rings. The van der Waals surface area contributed by atoms with Crippen molar-refractivity contribution in [2.75, 3.05) is 13.1 Å². The molecule has 100 valence electrons. The van der Waals surface area contributed by atoms with Crippen molar-refractivity contribution in [2.24, 2.45) is 5.41 Å². The van der Waals surface area contributed by atoms with Crippen LogP contribution in [-0.4, -0.2) is 19.2 Å². The minimum Gasteiger partial charge on any atom is -0.488 e. The molecule has 0 saturated heterocycles. The van der Waals surface area contributed by atoms with E-state index in [4.69, 9.17) is 4.74 Å². The van der Waals surface area contributed by atoms with Crippen LogP contribution in [0.3, 0.4) is 0 Å². The highest BCUT2D eigenvalue weighted by Gasteiger charge is 2.23. The fourth-order valence-corrected chi connectivity index (χ4v) is 2.51. The van der Waals surface area contributed by atoms with Gasteiger partial charge in [-0.2, -0.15) is 0 Å². The van der Waals surface area contributed by atoms with Gasteiger partial charge in [0.25, 0.3) is 0 Å². The predicted octanol–water partition coefficient (Wildman–Crippen LogP) is 3.78. The summed E-state index contributed by atoms with van der Waals surface area (Å²) in [6.07, 6.45) is 2.48. The van der Waals surface area contributed by atoms with E-state index in [0.717, 1.165) is 29.7 Å². The van der Waals surface area contributed by atoms with Crippen molar-refractivity contribution in [3.63, 3.8) is 0 Å². The summed E-state index contributed by atoms with van der Waals surface area (Å²) in [6.45, 7) is 8.79. The van der Waals surface area contributed by atoms with Gasteiger partial charge in [-0.1, -0.05) is 36.7 Å². The van der Waals surface area contributed by atoms with Gasteiger partial charge in [0.2, 0.25) is 0 Å². The Morgan fingerprint density at radius 2 is 2.22 bits per heavy atom. The first-order valence-electron chi connectivity index (χ1n) is 6.66. The fourth-order valence-electron chi connectivity index (χ4n) is 2.10. The molecule has 0 bridgehead atoms. The highest BCUT2D eigenvalue weighted by Crippen LogP contribution is 2.31. The summed E-state index contributed by atoms with van der Waals surface area (Å²) >= 11 is 3.50. The molecular formula is C15H22BrNO. The lowest BCUT2D eigenvalue weighted by Gasteiger charge is -2.24. The Bertz CT molecular complexity index is 417. The summed E-state index contributed by atoms with van der Waals surface area (Å²) in [7, 11) is 0. The van der Waals surface area contributed by atoms with Crippen molar-refractivity contribution in [3.8, 4) is 5.75 Å². The van der Waals surface area contributed by atoms with E-state index in [1.165, 1.54) is 12.0 Å². The van der Waals surface area contributed by atoms with Crippen molar-refractivity contribution < 1.29 is 4.74 Å². The van der Waals surface area contributed by atoms with Crippen LogP contribution in [0.1, 0.15) is 32.8 Å². The molecule has 3 heteroatoms. The third-order valence-electron chi connectivity index (χ3n) is 3.70. The molecule has 2 nitrogen and oxygen atoms in total. The first-order valence-corrected chi connectivity index (χ1v) is 7.45. The van der Waals surface area contributed by atoms with Crippen molar-refractivity contribution in [3.05, 3.63) is 28.2 Å². The Kier molecular flexibility index (Phi) is 4.33. The molecule has 1 aromatic carbocycles. The lowest BCUT2D eigenvalue weighted by Crippen LogP contribution is -2.36. The number of rotatable bonds is 5. The number of halogens is 1. The zero-order valence-corrected chi connectivity index (χ0v) is 13.0. The minimum atomic E-state index is 0.280. The van der Waals surface area contributed by atoms with Crippen LogP contribution in [0.4, 0.5) is 0 Å². The predicted molar refractivity (Wildman–Crippen MR) is 79.2 cm³/mol. The number of fused-ring (bicyclic) bond motifs is 1. The Hall–Kier alpha value is -0.540. The van der Waals surface area contributed by atoms with Gasteiger partial charge >= 0.3 is 0 Å². The molecule has 1 aliphatic heterocycles. The maximum absolute atomic E-state index is 5.93. The average molecular weight is 312 g/mol. The first kappa shape index (κ1) is 13.9. The van der Waals surface area contributed by atoms with Gasteiger partial charge in [0.15, 0.2) is 0 Å². The van der Waals surface area contributed by atoms with Gasteiger partial charge < -0.3 is 10.1 Å². The van der Waals surface area contributed by atoms with E-state index < -0.39 is 0 Å². The molecule has 0 spiro atoms. The zero-order chi connectivity index (χ0) is 13.2. The number of hydrogen-bond donors (Lipinski definition) is 1. The van der Waals surface area contributed by atoms with Crippen molar-refractivity contribution in [1.82, 2.24) is 5.32 Å². The Labute approximate surface area is 118 Å².